The molecule has 0 atom stereocenters. The van der Waals surface area contributed by atoms with Gasteiger partial charge in [-0.1, -0.05) is 197 Å². The van der Waals surface area contributed by atoms with Crippen LogP contribution in [0.4, 0.5) is 0 Å². The van der Waals surface area contributed by atoms with Crippen LogP contribution >= 0.6 is 0 Å². The Hall–Kier alpha value is -6.72. The molecule has 0 aliphatic heterocycles. The first kappa shape index (κ1) is 47.4. The Balaban J connectivity index is 0.000000132. The van der Waals surface area contributed by atoms with Crippen molar-refractivity contribution in [2.24, 2.45) is 5.92 Å². The molecule has 0 unspecified atom stereocenters. The summed E-state index contributed by atoms with van der Waals surface area (Å²) in [5, 5.41) is 2.61. The highest BCUT2D eigenvalue weighted by molar-refractivity contribution is 5.99. The number of fused-ring (bicyclic) bond motifs is 4. The quantitative estimate of drug-likeness (QED) is 0.100. The van der Waals surface area contributed by atoms with Crippen LogP contribution in [0.15, 0.2) is 193 Å². The SMILES string of the molecule is C/C=C(\C(=C(/C)c1ccc(C)cc1)C1CC1)c1ccccc1C.CC1=C(c2ccccc2C2CC2)C=C=C(c2ccc(C)c3ccccc23)C=C1.CCCc1ccc2c(c1)C(C)(C)c1ccccc1-2. The molecule has 0 amide bonds. The van der Waals surface area contributed by atoms with Gasteiger partial charge in [0, 0.05) is 11.0 Å². The summed E-state index contributed by atoms with van der Waals surface area (Å²) in [6, 6.07) is 55.5. The summed E-state index contributed by atoms with van der Waals surface area (Å²) in [5.41, 5.74) is 30.0. The number of aryl methyl sites for hydroxylation is 4. The van der Waals surface area contributed by atoms with E-state index >= 15 is 0 Å². The molecule has 2 saturated carbocycles. The molecule has 69 heavy (non-hydrogen) atoms. The summed E-state index contributed by atoms with van der Waals surface area (Å²) in [6.07, 6.45) is 16.6. The zero-order valence-electron chi connectivity index (χ0n) is 42.6. The topological polar surface area (TPSA) is 0 Å². The van der Waals surface area contributed by atoms with Gasteiger partial charge < -0.3 is 0 Å². The van der Waals surface area contributed by atoms with Crippen molar-refractivity contribution in [1.29, 1.82) is 0 Å². The van der Waals surface area contributed by atoms with Gasteiger partial charge in [0.05, 0.1) is 0 Å². The highest BCUT2D eigenvalue weighted by atomic mass is 14.4. The molecule has 0 N–H and O–H groups in total. The van der Waals surface area contributed by atoms with Gasteiger partial charge in [-0.25, -0.2) is 0 Å². The first-order valence-electron chi connectivity index (χ1n) is 25.7. The summed E-state index contributed by atoms with van der Waals surface area (Å²) in [7, 11) is 0. The lowest BCUT2D eigenvalue weighted by Crippen LogP contribution is -2.15. The molecule has 0 heterocycles. The second-order valence-corrected chi connectivity index (χ2v) is 20.5. The van der Waals surface area contributed by atoms with Crippen molar-refractivity contribution in [3.63, 3.8) is 0 Å². The van der Waals surface area contributed by atoms with Crippen molar-refractivity contribution in [3.8, 4) is 11.1 Å². The molecule has 346 valence electrons. The van der Waals surface area contributed by atoms with Crippen molar-refractivity contribution in [2.45, 2.75) is 112 Å². The predicted octanol–water partition coefficient (Wildman–Crippen LogP) is 19.1. The van der Waals surface area contributed by atoms with Crippen LogP contribution in [0, 0.1) is 26.7 Å². The monoisotopic (exact) mass is 899 g/mol. The van der Waals surface area contributed by atoms with Crippen molar-refractivity contribution in [2.75, 3.05) is 0 Å². The maximum atomic E-state index is 3.62. The predicted molar refractivity (Wildman–Crippen MR) is 300 cm³/mol. The van der Waals surface area contributed by atoms with Crippen LogP contribution in [0.2, 0.25) is 0 Å². The lowest BCUT2D eigenvalue weighted by atomic mass is 9.82. The minimum Gasteiger partial charge on any atom is -0.112 e. The molecule has 0 spiro atoms. The van der Waals surface area contributed by atoms with E-state index in [-0.39, 0.29) is 5.41 Å². The number of hydrogen-bond donors (Lipinski definition) is 0. The van der Waals surface area contributed by atoms with Gasteiger partial charge in [0.2, 0.25) is 0 Å². The maximum Gasteiger partial charge on any atom is 0.0243 e. The first-order valence-corrected chi connectivity index (χ1v) is 25.7. The Bertz CT molecular complexity index is 3230. The molecule has 0 bridgehead atoms. The zero-order valence-corrected chi connectivity index (χ0v) is 42.6. The van der Waals surface area contributed by atoms with Crippen molar-refractivity contribution >= 4 is 33.1 Å². The minimum absolute atomic E-state index is 0.148. The fourth-order valence-corrected chi connectivity index (χ4v) is 10.8. The van der Waals surface area contributed by atoms with Crippen LogP contribution < -0.4 is 0 Å². The Labute approximate surface area is 414 Å². The second kappa shape index (κ2) is 20.5. The summed E-state index contributed by atoms with van der Waals surface area (Å²) >= 11 is 0. The number of allylic oxidation sites excluding steroid dienone is 9. The summed E-state index contributed by atoms with van der Waals surface area (Å²) in [6.45, 7) is 20.1. The van der Waals surface area contributed by atoms with E-state index in [0.29, 0.717) is 0 Å². The standard InChI is InChI=1S/C28H24.C23H26.C18H20/c1-19-11-13-21(26-17-12-20(2)23-7-3-5-9-27(23)26)16-18-24(19)28-10-6-4-8-25(28)22-14-15-22;1-5-21(22-9-7-6-8-17(22)3)23(20-14-15-20)18(4)19-12-10-16(2)11-13-19;1-4-7-13-10-11-15-14-8-5-6-9-16(14)18(2,3)17(15)12-13/h3-13,17-18,22H,14-15H2,1-2H3;5-13,20H,14-15H2,1-4H3;5-6,8-12H,4,7H2,1-3H3/b;21-5-,23-18+;. The Morgan fingerprint density at radius 2 is 1.28 bits per heavy atom. The molecular formula is C69H70. The fraction of sp³-hybridized carbons (Fsp3) is 0.261. The van der Waals surface area contributed by atoms with Gasteiger partial charge in [-0.05, 0) is 203 Å². The molecule has 2 fully saturated rings. The van der Waals surface area contributed by atoms with Gasteiger partial charge in [-0.15, -0.1) is 5.73 Å². The third-order valence-corrected chi connectivity index (χ3v) is 15.1. The molecule has 7 aromatic carbocycles. The third kappa shape index (κ3) is 10.1. The van der Waals surface area contributed by atoms with Crippen LogP contribution in [-0.4, -0.2) is 0 Å². The maximum absolute atomic E-state index is 3.62. The second-order valence-electron chi connectivity index (χ2n) is 20.5. The van der Waals surface area contributed by atoms with E-state index in [4.69, 9.17) is 0 Å². The van der Waals surface area contributed by atoms with Crippen molar-refractivity contribution in [1.82, 2.24) is 0 Å². The lowest BCUT2D eigenvalue weighted by molar-refractivity contribution is 0.659. The van der Waals surface area contributed by atoms with Crippen LogP contribution in [0.25, 0.3) is 44.2 Å². The third-order valence-electron chi connectivity index (χ3n) is 15.1. The summed E-state index contributed by atoms with van der Waals surface area (Å²) < 4.78 is 0. The van der Waals surface area contributed by atoms with Crippen molar-refractivity contribution in [3.05, 3.63) is 254 Å². The van der Waals surface area contributed by atoms with Gasteiger partial charge in [0.1, 0.15) is 0 Å². The molecule has 4 aliphatic rings. The van der Waals surface area contributed by atoms with Gasteiger partial charge in [-0.2, -0.15) is 0 Å². The molecule has 0 radical (unpaired) electrons. The van der Waals surface area contributed by atoms with E-state index < -0.39 is 0 Å². The molecule has 7 aromatic rings. The largest absolute Gasteiger partial charge is 0.112 e. The molecule has 0 saturated heterocycles. The number of benzene rings is 7. The average molecular weight is 899 g/mol. The molecule has 0 nitrogen and oxygen atoms in total. The Kier molecular flexibility index (Phi) is 14.1. The zero-order chi connectivity index (χ0) is 48.2. The van der Waals surface area contributed by atoms with E-state index in [1.54, 1.807) is 5.57 Å². The Morgan fingerprint density at radius 1 is 0.623 bits per heavy atom. The smallest absolute Gasteiger partial charge is 0.0243 e. The van der Waals surface area contributed by atoms with E-state index in [0.717, 1.165) is 17.4 Å². The van der Waals surface area contributed by atoms with Crippen LogP contribution in [0.5, 0.6) is 0 Å². The molecule has 0 heteroatoms. The molecule has 0 aromatic heterocycles. The highest BCUT2D eigenvalue weighted by Crippen LogP contribution is 2.50. The van der Waals surface area contributed by atoms with E-state index in [1.165, 1.54) is 144 Å². The van der Waals surface area contributed by atoms with E-state index in [9.17, 15) is 0 Å². The lowest BCUT2D eigenvalue weighted by Gasteiger charge is -2.21. The molecule has 4 aliphatic carbocycles. The fourth-order valence-electron chi connectivity index (χ4n) is 10.8. The van der Waals surface area contributed by atoms with E-state index in [1.807, 2.05) is 0 Å². The normalized spacial score (nSPS) is 16.1. The number of rotatable bonds is 9. The van der Waals surface area contributed by atoms with Gasteiger partial charge in [0.15, 0.2) is 0 Å². The van der Waals surface area contributed by atoms with Crippen LogP contribution in [-0.2, 0) is 11.8 Å². The van der Waals surface area contributed by atoms with Gasteiger partial charge in [0.25, 0.3) is 0 Å². The van der Waals surface area contributed by atoms with Crippen LogP contribution in [0.1, 0.15) is 141 Å². The van der Waals surface area contributed by atoms with E-state index in [2.05, 4.69) is 244 Å². The minimum atomic E-state index is 0.148. The average Bonchev–Trinajstić information content (AvgIpc) is 4.31. The Morgan fingerprint density at radius 3 is 1.99 bits per heavy atom. The first-order chi connectivity index (χ1) is 33.5. The van der Waals surface area contributed by atoms with Crippen molar-refractivity contribution < 1.29 is 0 Å². The molecular weight excluding hydrogens is 829 g/mol. The summed E-state index contributed by atoms with van der Waals surface area (Å²) in [5.74, 6) is 1.46. The molecule has 11 rings (SSSR count). The van der Waals surface area contributed by atoms with Gasteiger partial charge >= 0.3 is 0 Å². The highest BCUT2D eigenvalue weighted by Gasteiger charge is 2.35. The number of hydrogen-bond acceptors (Lipinski definition) is 0. The van der Waals surface area contributed by atoms with Crippen LogP contribution in [0.3, 0.4) is 0 Å². The van der Waals surface area contributed by atoms with Gasteiger partial charge in [-0.3, -0.25) is 0 Å². The summed E-state index contributed by atoms with van der Waals surface area (Å²) in [4.78, 5) is 0.